The van der Waals surface area contributed by atoms with E-state index in [1.54, 1.807) is 24.3 Å². The van der Waals surface area contributed by atoms with E-state index in [1.807, 2.05) is 54.6 Å². The van der Waals surface area contributed by atoms with E-state index in [9.17, 15) is 4.79 Å². The van der Waals surface area contributed by atoms with Crippen LogP contribution in [0.15, 0.2) is 84.0 Å². The number of benzene rings is 3. The maximum Gasteiger partial charge on any atom is 0.324 e. The molecule has 0 unspecified atom stereocenters. The molecule has 3 rings (SSSR count). The van der Waals surface area contributed by atoms with Crippen molar-refractivity contribution in [2.24, 2.45) is 5.16 Å². The molecule has 7 heteroatoms. The molecular formula is C24H22Cl2N2O3. The number of nitrogens with one attached hydrogen (secondary N) is 1. The maximum absolute atomic E-state index is 11.8. The SMILES string of the molecule is O=C(CCCON=C(c1ccc(Cl)cc1)c1ccc(Cl)cc1)ONCc1ccccc1. The molecule has 31 heavy (non-hydrogen) atoms. The molecule has 160 valence electrons. The van der Waals surface area contributed by atoms with Crippen LogP contribution in [0.4, 0.5) is 0 Å². The van der Waals surface area contributed by atoms with Gasteiger partial charge in [-0.25, -0.2) is 0 Å². The molecule has 0 saturated carbocycles. The zero-order valence-electron chi connectivity index (χ0n) is 16.8. The largest absolute Gasteiger partial charge is 0.395 e. The highest BCUT2D eigenvalue weighted by molar-refractivity contribution is 6.31. The molecule has 0 aliphatic rings. The van der Waals surface area contributed by atoms with Gasteiger partial charge in [0.1, 0.15) is 12.3 Å². The number of carbonyl (C=O) groups is 1. The van der Waals surface area contributed by atoms with Crippen molar-refractivity contribution in [3.8, 4) is 0 Å². The van der Waals surface area contributed by atoms with Crippen LogP contribution in [0.2, 0.25) is 10.0 Å². The molecule has 0 fully saturated rings. The number of hydroxylamine groups is 1. The number of carbonyl (C=O) groups excluding carboxylic acids is 1. The minimum Gasteiger partial charge on any atom is -0.395 e. The van der Waals surface area contributed by atoms with Gasteiger partial charge in [-0.1, -0.05) is 83.0 Å². The highest BCUT2D eigenvalue weighted by Gasteiger charge is 2.09. The minimum atomic E-state index is -0.348. The van der Waals surface area contributed by atoms with Crippen LogP contribution in [-0.2, 0) is 21.0 Å². The van der Waals surface area contributed by atoms with Gasteiger partial charge >= 0.3 is 5.97 Å². The molecule has 0 bridgehead atoms. The summed E-state index contributed by atoms with van der Waals surface area (Å²) in [6.45, 7) is 0.734. The molecule has 0 aliphatic carbocycles. The van der Waals surface area contributed by atoms with E-state index >= 15 is 0 Å². The predicted octanol–water partition coefficient (Wildman–Crippen LogP) is 5.79. The highest BCUT2D eigenvalue weighted by Crippen LogP contribution is 2.17. The van der Waals surface area contributed by atoms with Crippen molar-refractivity contribution in [3.05, 3.63) is 106 Å². The van der Waals surface area contributed by atoms with Crippen LogP contribution in [0.1, 0.15) is 29.5 Å². The van der Waals surface area contributed by atoms with E-state index < -0.39 is 0 Å². The van der Waals surface area contributed by atoms with Gasteiger partial charge in [-0.2, -0.15) is 0 Å². The van der Waals surface area contributed by atoms with Crippen LogP contribution in [0.25, 0.3) is 0 Å². The number of oxime groups is 1. The first-order valence-electron chi connectivity index (χ1n) is 9.80. The third-order valence-electron chi connectivity index (χ3n) is 4.31. The van der Waals surface area contributed by atoms with E-state index in [0.717, 1.165) is 16.7 Å². The van der Waals surface area contributed by atoms with Crippen LogP contribution >= 0.6 is 23.2 Å². The summed E-state index contributed by atoms with van der Waals surface area (Å²) >= 11 is 12.0. The minimum absolute atomic E-state index is 0.217. The zero-order chi connectivity index (χ0) is 21.9. The molecule has 0 aliphatic heterocycles. The number of hydrogen-bond donors (Lipinski definition) is 1. The number of nitrogens with zero attached hydrogens (tertiary/aromatic N) is 1. The van der Waals surface area contributed by atoms with Crippen molar-refractivity contribution in [1.82, 2.24) is 5.48 Å². The molecule has 1 N–H and O–H groups in total. The van der Waals surface area contributed by atoms with Crippen molar-refractivity contribution in [3.63, 3.8) is 0 Å². The first-order chi connectivity index (χ1) is 15.1. The van der Waals surface area contributed by atoms with E-state index in [0.29, 0.717) is 28.7 Å². The standard InChI is InChI=1S/C24H22Cl2N2O3/c25-21-12-8-19(9-13-21)24(20-10-14-22(26)15-11-20)28-30-16-4-7-23(29)31-27-17-18-5-2-1-3-6-18/h1-3,5-6,8-15,27H,4,7,16-17H2. The van der Waals surface area contributed by atoms with E-state index in [2.05, 4.69) is 10.6 Å². The van der Waals surface area contributed by atoms with Crippen LogP contribution in [0.5, 0.6) is 0 Å². The van der Waals surface area contributed by atoms with Crippen LogP contribution in [0.3, 0.4) is 0 Å². The molecule has 0 spiro atoms. The summed E-state index contributed by atoms with van der Waals surface area (Å²) in [5.41, 5.74) is 6.07. The predicted molar refractivity (Wildman–Crippen MR) is 123 cm³/mol. The van der Waals surface area contributed by atoms with Gasteiger partial charge in [0.25, 0.3) is 0 Å². The topological polar surface area (TPSA) is 59.9 Å². The Hall–Kier alpha value is -2.86. The Morgan fingerprint density at radius 3 is 2.00 bits per heavy atom. The van der Waals surface area contributed by atoms with Gasteiger partial charge in [0, 0.05) is 21.2 Å². The molecule has 0 heterocycles. The smallest absolute Gasteiger partial charge is 0.324 e. The molecule has 3 aromatic rings. The number of halogens is 2. The Kier molecular flexibility index (Phi) is 8.91. The monoisotopic (exact) mass is 456 g/mol. The summed E-state index contributed by atoms with van der Waals surface area (Å²) in [5, 5.41) is 5.56. The molecule has 0 amide bonds. The van der Waals surface area contributed by atoms with Gasteiger partial charge in [-0.05, 0) is 36.2 Å². The second kappa shape index (κ2) is 12.1. The van der Waals surface area contributed by atoms with E-state index in [1.165, 1.54) is 0 Å². The Bertz CT molecular complexity index is 944. The Morgan fingerprint density at radius 2 is 1.42 bits per heavy atom. The quantitative estimate of drug-likeness (QED) is 0.238. The van der Waals surface area contributed by atoms with Gasteiger partial charge in [0.15, 0.2) is 0 Å². The molecule has 5 nitrogen and oxygen atoms in total. The molecule has 0 radical (unpaired) electrons. The maximum atomic E-state index is 11.8. The lowest BCUT2D eigenvalue weighted by Crippen LogP contribution is -2.19. The number of hydrogen-bond acceptors (Lipinski definition) is 5. The second-order valence-corrected chi connectivity index (χ2v) is 7.54. The fraction of sp³-hybridized carbons (Fsp3) is 0.167. The van der Waals surface area contributed by atoms with Gasteiger partial charge in [-0.3, -0.25) is 4.79 Å². The fourth-order valence-electron chi connectivity index (χ4n) is 2.73. The second-order valence-electron chi connectivity index (χ2n) is 6.67. The van der Waals surface area contributed by atoms with Crippen molar-refractivity contribution in [2.75, 3.05) is 6.61 Å². The normalized spacial score (nSPS) is 10.4. The lowest BCUT2D eigenvalue weighted by atomic mass is 10.0. The van der Waals surface area contributed by atoms with Gasteiger partial charge in [0.2, 0.25) is 0 Å². The van der Waals surface area contributed by atoms with E-state index in [4.69, 9.17) is 32.9 Å². The fourth-order valence-corrected chi connectivity index (χ4v) is 2.98. The van der Waals surface area contributed by atoms with Crippen LogP contribution in [0, 0.1) is 0 Å². The van der Waals surface area contributed by atoms with Crippen LogP contribution < -0.4 is 5.48 Å². The summed E-state index contributed by atoms with van der Waals surface area (Å²) in [5.74, 6) is -0.348. The van der Waals surface area contributed by atoms with Crippen molar-refractivity contribution < 1.29 is 14.5 Å². The third kappa shape index (κ3) is 7.72. The van der Waals surface area contributed by atoms with Crippen LogP contribution in [-0.4, -0.2) is 18.3 Å². The zero-order valence-corrected chi connectivity index (χ0v) is 18.3. The average Bonchev–Trinajstić information content (AvgIpc) is 2.79. The molecule has 3 aromatic carbocycles. The Balaban J connectivity index is 1.48. The number of rotatable bonds is 10. The van der Waals surface area contributed by atoms with Gasteiger partial charge in [-0.15, -0.1) is 5.48 Å². The molecular weight excluding hydrogens is 435 g/mol. The Labute approximate surface area is 191 Å². The average molecular weight is 457 g/mol. The molecule has 0 aromatic heterocycles. The van der Waals surface area contributed by atoms with Crippen molar-refractivity contribution in [2.45, 2.75) is 19.4 Å². The van der Waals surface area contributed by atoms with Gasteiger partial charge in [0.05, 0.1) is 13.0 Å². The lowest BCUT2D eigenvalue weighted by Gasteiger charge is -2.08. The van der Waals surface area contributed by atoms with Gasteiger partial charge < -0.3 is 9.68 Å². The summed E-state index contributed by atoms with van der Waals surface area (Å²) in [4.78, 5) is 22.3. The van der Waals surface area contributed by atoms with Crippen molar-refractivity contribution in [1.29, 1.82) is 0 Å². The summed E-state index contributed by atoms with van der Waals surface area (Å²) in [6.07, 6.45) is 0.693. The third-order valence-corrected chi connectivity index (χ3v) is 4.82. The van der Waals surface area contributed by atoms with Crippen molar-refractivity contribution >= 4 is 34.9 Å². The first-order valence-corrected chi connectivity index (χ1v) is 10.6. The molecule has 0 saturated heterocycles. The Morgan fingerprint density at radius 1 is 0.839 bits per heavy atom. The van der Waals surface area contributed by atoms with E-state index in [-0.39, 0.29) is 19.0 Å². The summed E-state index contributed by atoms with van der Waals surface area (Å²) in [7, 11) is 0. The highest BCUT2D eigenvalue weighted by atomic mass is 35.5. The first kappa shape index (κ1) is 22.8. The summed E-state index contributed by atoms with van der Waals surface area (Å²) in [6, 6.07) is 24.3. The molecule has 0 atom stereocenters. The lowest BCUT2D eigenvalue weighted by molar-refractivity contribution is -0.151. The summed E-state index contributed by atoms with van der Waals surface area (Å²) < 4.78 is 0.